The highest BCUT2D eigenvalue weighted by atomic mass is 16.6. The molecule has 1 unspecified atom stereocenters. The highest BCUT2D eigenvalue weighted by Gasteiger charge is 2.22. The zero-order valence-corrected chi connectivity index (χ0v) is 10.5. The smallest absolute Gasteiger partial charge is 0.335 e. The molecule has 1 aliphatic rings. The number of rotatable bonds is 3. The van der Waals surface area contributed by atoms with Crippen LogP contribution in [0, 0.1) is 0 Å². The average Bonchev–Trinajstić information content (AvgIpc) is 2.98. The number of aromatic carboxylic acids is 1. The number of benzene rings is 1. The van der Waals surface area contributed by atoms with Crippen LogP contribution in [-0.4, -0.2) is 41.0 Å². The van der Waals surface area contributed by atoms with Gasteiger partial charge in [-0.1, -0.05) is 11.2 Å². The lowest BCUT2D eigenvalue weighted by molar-refractivity contribution is -0.0941. The lowest BCUT2D eigenvalue weighted by Gasteiger charge is -2.19. The molecule has 20 heavy (non-hydrogen) atoms. The SMILES string of the molecule is O=C(O)c1cccc(-c2nc(C3COCCO3)no2)c1. The van der Waals surface area contributed by atoms with Crippen molar-refractivity contribution in [3.05, 3.63) is 35.7 Å². The van der Waals surface area contributed by atoms with Gasteiger partial charge in [0.05, 0.1) is 25.4 Å². The van der Waals surface area contributed by atoms with Gasteiger partial charge in [0.1, 0.15) is 6.10 Å². The Balaban J connectivity index is 1.85. The van der Waals surface area contributed by atoms with Crippen LogP contribution in [0.3, 0.4) is 0 Å². The predicted octanol–water partition coefficient (Wildman–Crippen LogP) is 1.52. The summed E-state index contributed by atoms with van der Waals surface area (Å²) in [6.45, 7) is 1.43. The van der Waals surface area contributed by atoms with E-state index in [1.54, 1.807) is 12.1 Å². The van der Waals surface area contributed by atoms with Gasteiger partial charge in [0, 0.05) is 5.56 Å². The number of aromatic nitrogens is 2. The third kappa shape index (κ3) is 2.54. The zero-order chi connectivity index (χ0) is 13.9. The van der Waals surface area contributed by atoms with Gasteiger partial charge >= 0.3 is 5.97 Å². The van der Waals surface area contributed by atoms with E-state index in [9.17, 15) is 4.79 Å². The first-order chi connectivity index (χ1) is 9.74. The molecule has 0 bridgehead atoms. The van der Waals surface area contributed by atoms with Crippen molar-refractivity contribution in [1.29, 1.82) is 0 Å². The summed E-state index contributed by atoms with van der Waals surface area (Å²) in [4.78, 5) is 15.2. The summed E-state index contributed by atoms with van der Waals surface area (Å²) in [6.07, 6.45) is -0.344. The van der Waals surface area contributed by atoms with E-state index < -0.39 is 5.97 Å². The molecule has 1 aliphatic heterocycles. The van der Waals surface area contributed by atoms with E-state index in [4.69, 9.17) is 19.1 Å². The minimum Gasteiger partial charge on any atom is -0.478 e. The molecule has 0 spiro atoms. The van der Waals surface area contributed by atoms with Gasteiger partial charge in [-0.2, -0.15) is 4.98 Å². The van der Waals surface area contributed by atoms with Crippen LogP contribution in [0.15, 0.2) is 28.8 Å². The molecule has 104 valence electrons. The van der Waals surface area contributed by atoms with Crippen LogP contribution in [0.5, 0.6) is 0 Å². The largest absolute Gasteiger partial charge is 0.478 e. The summed E-state index contributed by atoms with van der Waals surface area (Å²) in [5.74, 6) is -0.340. The van der Waals surface area contributed by atoms with Crippen molar-refractivity contribution < 1.29 is 23.9 Å². The van der Waals surface area contributed by atoms with Crippen LogP contribution in [-0.2, 0) is 9.47 Å². The molecule has 1 N–H and O–H groups in total. The number of carbonyl (C=O) groups is 1. The van der Waals surface area contributed by atoms with Gasteiger partial charge in [0.2, 0.25) is 5.82 Å². The molecule has 1 fully saturated rings. The molecule has 1 atom stereocenters. The first kappa shape index (κ1) is 12.8. The van der Waals surface area contributed by atoms with Gasteiger partial charge in [0.25, 0.3) is 5.89 Å². The summed E-state index contributed by atoms with van der Waals surface area (Å²) in [7, 11) is 0. The molecule has 2 aromatic rings. The minimum absolute atomic E-state index is 0.166. The van der Waals surface area contributed by atoms with Gasteiger partial charge < -0.3 is 19.1 Å². The minimum atomic E-state index is -1.00. The van der Waals surface area contributed by atoms with Crippen LogP contribution in [0.25, 0.3) is 11.5 Å². The number of carboxylic acid groups (broad SMARTS) is 1. The van der Waals surface area contributed by atoms with Crippen molar-refractivity contribution in [1.82, 2.24) is 10.1 Å². The van der Waals surface area contributed by atoms with E-state index in [0.29, 0.717) is 31.2 Å². The molecule has 0 radical (unpaired) electrons. The van der Waals surface area contributed by atoms with Crippen LogP contribution in [0.1, 0.15) is 22.3 Å². The molecular weight excluding hydrogens is 264 g/mol. The fourth-order valence-corrected chi connectivity index (χ4v) is 1.91. The fraction of sp³-hybridized carbons (Fsp3) is 0.308. The molecule has 2 heterocycles. The van der Waals surface area contributed by atoms with Crippen LogP contribution in [0.2, 0.25) is 0 Å². The Kier molecular flexibility index (Phi) is 3.44. The Morgan fingerprint density at radius 1 is 1.35 bits per heavy atom. The number of carboxylic acids is 1. The monoisotopic (exact) mass is 276 g/mol. The second kappa shape index (κ2) is 5.40. The fourth-order valence-electron chi connectivity index (χ4n) is 1.91. The lowest BCUT2D eigenvalue weighted by Crippen LogP contribution is -2.22. The quantitative estimate of drug-likeness (QED) is 0.908. The van der Waals surface area contributed by atoms with Gasteiger partial charge in [-0.3, -0.25) is 0 Å². The third-order valence-electron chi connectivity index (χ3n) is 2.90. The van der Waals surface area contributed by atoms with E-state index in [0.717, 1.165) is 0 Å². The molecule has 7 nitrogen and oxygen atoms in total. The number of ether oxygens (including phenoxy) is 2. The Hall–Kier alpha value is -2.25. The van der Waals surface area contributed by atoms with E-state index in [2.05, 4.69) is 10.1 Å². The molecule has 0 saturated carbocycles. The Labute approximate surface area is 114 Å². The third-order valence-corrected chi connectivity index (χ3v) is 2.90. The molecule has 0 aliphatic carbocycles. The first-order valence-electron chi connectivity index (χ1n) is 6.11. The molecule has 3 rings (SSSR count). The van der Waals surface area contributed by atoms with E-state index >= 15 is 0 Å². The average molecular weight is 276 g/mol. The summed E-state index contributed by atoms with van der Waals surface area (Å²) in [5.41, 5.74) is 0.722. The molecule has 1 aromatic heterocycles. The maximum Gasteiger partial charge on any atom is 0.335 e. The summed E-state index contributed by atoms with van der Waals surface area (Å²) >= 11 is 0. The summed E-state index contributed by atoms with van der Waals surface area (Å²) < 4.78 is 15.9. The highest BCUT2D eigenvalue weighted by molar-refractivity contribution is 5.88. The van der Waals surface area contributed by atoms with Crippen molar-refractivity contribution in [2.75, 3.05) is 19.8 Å². The van der Waals surface area contributed by atoms with E-state index in [1.807, 2.05) is 0 Å². The normalized spacial score (nSPS) is 18.9. The molecule has 7 heteroatoms. The molecule has 1 aromatic carbocycles. The number of hydrogen-bond acceptors (Lipinski definition) is 6. The van der Waals surface area contributed by atoms with E-state index in [-0.39, 0.29) is 17.6 Å². The summed E-state index contributed by atoms with van der Waals surface area (Å²) in [6, 6.07) is 6.32. The summed E-state index contributed by atoms with van der Waals surface area (Å²) in [5, 5.41) is 12.8. The topological polar surface area (TPSA) is 94.7 Å². The van der Waals surface area contributed by atoms with Crippen LogP contribution in [0.4, 0.5) is 0 Å². The van der Waals surface area contributed by atoms with Gasteiger partial charge in [-0.15, -0.1) is 0 Å². The molecule has 1 saturated heterocycles. The van der Waals surface area contributed by atoms with Crippen molar-refractivity contribution in [2.24, 2.45) is 0 Å². The Morgan fingerprint density at radius 2 is 2.25 bits per heavy atom. The maximum absolute atomic E-state index is 10.9. The second-order valence-corrected chi connectivity index (χ2v) is 4.28. The first-order valence-corrected chi connectivity index (χ1v) is 6.11. The molecule has 0 amide bonds. The van der Waals surface area contributed by atoms with Crippen molar-refractivity contribution in [2.45, 2.75) is 6.10 Å². The predicted molar refractivity (Wildman–Crippen MR) is 66.2 cm³/mol. The van der Waals surface area contributed by atoms with E-state index in [1.165, 1.54) is 12.1 Å². The zero-order valence-electron chi connectivity index (χ0n) is 10.5. The Bertz CT molecular complexity index is 619. The van der Waals surface area contributed by atoms with Crippen LogP contribution < -0.4 is 0 Å². The van der Waals surface area contributed by atoms with Crippen LogP contribution >= 0.6 is 0 Å². The standard InChI is InChI=1S/C13H12N2O5/c16-13(17)9-3-1-2-8(6-9)12-14-11(15-20-12)10-7-18-4-5-19-10/h1-3,6,10H,4-5,7H2,(H,16,17). The maximum atomic E-state index is 10.9. The number of nitrogens with zero attached hydrogens (tertiary/aromatic N) is 2. The Morgan fingerprint density at radius 3 is 3.00 bits per heavy atom. The van der Waals surface area contributed by atoms with Gasteiger partial charge in [-0.25, -0.2) is 4.79 Å². The van der Waals surface area contributed by atoms with Crippen molar-refractivity contribution in [3.8, 4) is 11.5 Å². The lowest BCUT2D eigenvalue weighted by atomic mass is 10.1. The van der Waals surface area contributed by atoms with Crippen molar-refractivity contribution >= 4 is 5.97 Å². The number of hydrogen-bond donors (Lipinski definition) is 1. The van der Waals surface area contributed by atoms with Crippen molar-refractivity contribution in [3.63, 3.8) is 0 Å². The second-order valence-electron chi connectivity index (χ2n) is 4.28. The van der Waals surface area contributed by atoms with Gasteiger partial charge in [-0.05, 0) is 18.2 Å². The molecular formula is C13H12N2O5. The van der Waals surface area contributed by atoms with Gasteiger partial charge in [0.15, 0.2) is 0 Å². The highest BCUT2D eigenvalue weighted by Crippen LogP contribution is 2.23.